The van der Waals surface area contributed by atoms with E-state index in [0.29, 0.717) is 24.6 Å². The van der Waals surface area contributed by atoms with Gasteiger partial charge in [-0.15, -0.1) is 11.3 Å². The number of rotatable bonds is 11. The summed E-state index contributed by atoms with van der Waals surface area (Å²) in [7, 11) is 0. The molecule has 3 rings (SSSR count). The molecule has 0 spiro atoms. The van der Waals surface area contributed by atoms with E-state index in [4.69, 9.17) is 9.84 Å². The summed E-state index contributed by atoms with van der Waals surface area (Å²) >= 11 is 1.54. The Labute approximate surface area is 187 Å². The highest BCUT2D eigenvalue weighted by Crippen LogP contribution is 2.28. The van der Waals surface area contributed by atoms with Crippen molar-refractivity contribution in [3.05, 3.63) is 57.0 Å². The van der Waals surface area contributed by atoms with Gasteiger partial charge in [-0.2, -0.15) is 0 Å². The van der Waals surface area contributed by atoms with Crippen molar-refractivity contribution in [1.29, 1.82) is 0 Å². The van der Waals surface area contributed by atoms with E-state index in [0.717, 1.165) is 41.8 Å². The number of ether oxygens (including phenoxy) is 1. The number of carboxylic acids is 1. The van der Waals surface area contributed by atoms with Gasteiger partial charge in [-0.25, -0.2) is 4.39 Å². The van der Waals surface area contributed by atoms with Crippen LogP contribution in [0.3, 0.4) is 0 Å². The summed E-state index contributed by atoms with van der Waals surface area (Å²) in [6.45, 7) is 5.38. The maximum absolute atomic E-state index is 13.9. The highest BCUT2D eigenvalue weighted by atomic mass is 32.1. The number of hydrogen-bond acceptors (Lipinski definition) is 5. The van der Waals surface area contributed by atoms with Crippen LogP contribution in [-0.4, -0.2) is 52.9 Å². The molecule has 0 amide bonds. The molecule has 2 aromatic rings. The second-order valence-corrected chi connectivity index (χ2v) is 9.40. The Kier molecular flexibility index (Phi) is 8.60. The second-order valence-electron chi connectivity index (χ2n) is 8.40. The first-order valence-electron chi connectivity index (χ1n) is 10.9. The van der Waals surface area contributed by atoms with Crippen LogP contribution in [0, 0.1) is 12.7 Å². The lowest BCUT2D eigenvalue weighted by Gasteiger charge is -2.27. The summed E-state index contributed by atoms with van der Waals surface area (Å²) < 4.78 is 19.8. The molecule has 3 atom stereocenters. The molecule has 1 aliphatic rings. The van der Waals surface area contributed by atoms with Crippen molar-refractivity contribution in [3.8, 4) is 0 Å². The zero-order valence-corrected chi connectivity index (χ0v) is 19.0. The predicted octanol–water partition coefficient (Wildman–Crippen LogP) is 4.36. The van der Waals surface area contributed by atoms with Gasteiger partial charge >= 0.3 is 5.97 Å². The SMILES string of the molecule is Cc1ccc(C[C@@H]2CCCN2C[C@@H](O)COC(C)c2ccsc2CCC(=O)O)cc1F. The molecule has 5 nitrogen and oxygen atoms in total. The van der Waals surface area contributed by atoms with E-state index in [9.17, 15) is 14.3 Å². The van der Waals surface area contributed by atoms with E-state index in [-0.39, 0.29) is 24.9 Å². The Morgan fingerprint density at radius 3 is 2.94 bits per heavy atom. The van der Waals surface area contributed by atoms with Gasteiger partial charge in [-0.05, 0) is 80.3 Å². The largest absolute Gasteiger partial charge is 0.481 e. The van der Waals surface area contributed by atoms with Gasteiger partial charge in [0.15, 0.2) is 0 Å². The van der Waals surface area contributed by atoms with Crippen molar-refractivity contribution in [1.82, 2.24) is 4.90 Å². The quantitative estimate of drug-likeness (QED) is 0.534. The average molecular weight is 450 g/mol. The summed E-state index contributed by atoms with van der Waals surface area (Å²) in [5.41, 5.74) is 2.65. The van der Waals surface area contributed by atoms with Crippen LogP contribution in [0.1, 0.15) is 53.9 Å². The molecule has 2 N–H and O–H groups in total. The van der Waals surface area contributed by atoms with Crippen molar-refractivity contribution in [2.24, 2.45) is 0 Å². The Bertz CT molecular complexity index is 871. The molecule has 0 aliphatic carbocycles. The maximum Gasteiger partial charge on any atom is 0.303 e. The summed E-state index contributed by atoms with van der Waals surface area (Å²) in [6.07, 6.45) is 2.68. The summed E-state index contributed by atoms with van der Waals surface area (Å²) in [5.74, 6) is -0.975. The van der Waals surface area contributed by atoms with E-state index in [1.54, 1.807) is 24.3 Å². The second kappa shape index (κ2) is 11.2. The molecule has 31 heavy (non-hydrogen) atoms. The molecule has 1 fully saturated rings. The number of halogens is 1. The molecule has 1 saturated heterocycles. The standard InChI is InChI=1S/C24H32FNO4S/c1-16-5-6-18(13-22(16)25)12-19-4-3-10-26(19)14-20(27)15-30-17(2)21-9-11-31-23(21)7-8-24(28)29/h5-6,9,11,13,17,19-20,27H,3-4,7-8,10,12,14-15H2,1-2H3,(H,28,29)/t17?,19-,20+/m0/s1. The number of likely N-dealkylation sites (tertiary alicyclic amines) is 1. The Balaban J connectivity index is 1.48. The Morgan fingerprint density at radius 2 is 2.19 bits per heavy atom. The molecular formula is C24H32FNO4S. The number of thiophene rings is 1. The lowest BCUT2D eigenvalue weighted by Crippen LogP contribution is -2.39. The van der Waals surface area contributed by atoms with Gasteiger partial charge in [0.1, 0.15) is 5.82 Å². The Morgan fingerprint density at radius 1 is 1.39 bits per heavy atom. The van der Waals surface area contributed by atoms with Gasteiger partial charge in [0.05, 0.1) is 25.2 Å². The average Bonchev–Trinajstić information content (AvgIpc) is 3.37. The van der Waals surface area contributed by atoms with Crippen LogP contribution >= 0.6 is 11.3 Å². The van der Waals surface area contributed by atoms with Gasteiger partial charge in [0.25, 0.3) is 0 Å². The van der Waals surface area contributed by atoms with E-state index >= 15 is 0 Å². The molecule has 2 heterocycles. The molecule has 0 bridgehead atoms. The topological polar surface area (TPSA) is 70.0 Å². The molecule has 1 aromatic heterocycles. The van der Waals surface area contributed by atoms with Crippen molar-refractivity contribution >= 4 is 17.3 Å². The van der Waals surface area contributed by atoms with Gasteiger partial charge < -0.3 is 14.9 Å². The van der Waals surface area contributed by atoms with Gasteiger partial charge in [0.2, 0.25) is 0 Å². The fourth-order valence-electron chi connectivity index (χ4n) is 4.21. The van der Waals surface area contributed by atoms with E-state index < -0.39 is 12.1 Å². The van der Waals surface area contributed by atoms with Gasteiger partial charge in [-0.1, -0.05) is 12.1 Å². The number of aliphatic carboxylic acids is 1. The number of carboxylic acid groups (broad SMARTS) is 1. The number of β-amino-alcohol motifs (C(OH)–C–C–N with tert-alkyl or cyclic N) is 1. The first-order valence-corrected chi connectivity index (χ1v) is 11.8. The van der Waals surface area contributed by atoms with Gasteiger partial charge in [0, 0.05) is 17.5 Å². The third kappa shape index (κ3) is 6.84. The predicted molar refractivity (Wildman–Crippen MR) is 120 cm³/mol. The first kappa shape index (κ1) is 23.9. The van der Waals surface area contributed by atoms with Crippen LogP contribution in [-0.2, 0) is 22.4 Å². The van der Waals surface area contributed by atoms with Crippen molar-refractivity contribution in [3.63, 3.8) is 0 Å². The van der Waals surface area contributed by atoms with Crippen LogP contribution in [0.2, 0.25) is 0 Å². The van der Waals surface area contributed by atoms with Crippen LogP contribution in [0.25, 0.3) is 0 Å². The highest BCUT2D eigenvalue weighted by Gasteiger charge is 2.27. The minimum absolute atomic E-state index is 0.101. The number of carbonyl (C=O) groups is 1. The minimum Gasteiger partial charge on any atom is -0.481 e. The molecular weight excluding hydrogens is 417 g/mol. The molecule has 1 aromatic carbocycles. The molecule has 0 saturated carbocycles. The monoisotopic (exact) mass is 449 g/mol. The van der Waals surface area contributed by atoms with Crippen molar-refractivity contribution in [2.75, 3.05) is 19.7 Å². The number of nitrogens with zero attached hydrogens (tertiary/aromatic N) is 1. The molecule has 7 heteroatoms. The first-order chi connectivity index (χ1) is 14.8. The highest BCUT2D eigenvalue weighted by molar-refractivity contribution is 7.10. The normalized spacial score (nSPS) is 18.9. The third-order valence-electron chi connectivity index (χ3n) is 5.97. The van der Waals surface area contributed by atoms with Crippen LogP contribution < -0.4 is 0 Å². The van der Waals surface area contributed by atoms with E-state index in [1.165, 1.54) is 0 Å². The minimum atomic E-state index is -0.808. The summed E-state index contributed by atoms with van der Waals surface area (Å²) in [6, 6.07) is 7.70. The lowest BCUT2D eigenvalue weighted by atomic mass is 10.0. The van der Waals surface area contributed by atoms with Crippen LogP contribution in [0.5, 0.6) is 0 Å². The summed E-state index contributed by atoms with van der Waals surface area (Å²) in [4.78, 5) is 14.1. The van der Waals surface area contributed by atoms with Crippen molar-refractivity contribution < 1.29 is 24.1 Å². The van der Waals surface area contributed by atoms with E-state index in [1.807, 2.05) is 30.5 Å². The number of aliphatic hydroxyl groups excluding tert-OH is 1. The smallest absolute Gasteiger partial charge is 0.303 e. The van der Waals surface area contributed by atoms with Crippen LogP contribution in [0.4, 0.5) is 4.39 Å². The number of aryl methyl sites for hydroxylation is 2. The number of aliphatic hydroxyl groups is 1. The van der Waals surface area contributed by atoms with Gasteiger partial charge in [-0.3, -0.25) is 9.69 Å². The molecule has 1 unspecified atom stereocenters. The zero-order valence-electron chi connectivity index (χ0n) is 18.2. The third-order valence-corrected chi connectivity index (χ3v) is 6.97. The zero-order chi connectivity index (χ0) is 22.4. The fraction of sp³-hybridized carbons (Fsp3) is 0.542. The fourth-order valence-corrected chi connectivity index (χ4v) is 5.18. The molecule has 0 radical (unpaired) electrons. The number of hydrogen-bond donors (Lipinski definition) is 2. The Hall–Kier alpha value is -1.80. The van der Waals surface area contributed by atoms with E-state index in [2.05, 4.69) is 4.90 Å². The number of benzene rings is 1. The maximum atomic E-state index is 13.9. The molecule has 170 valence electrons. The molecule has 1 aliphatic heterocycles. The summed E-state index contributed by atoms with van der Waals surface area (Å²) in [5, 5.41) is 21.4. The van der Waals surface area contributed by atoms with Crippen molar-refractivity contribution in [2.45, 2.75) is 64.2 Å². The van der Waals surface area contributed by atoms with Crippen LogP contribution in [0.15, 0.2) is 29.6 Å². The lowest BCUT2D eigenvalue weighted by molar-refractivity contribution is -0.136.